The molecule has 2 rings (SSSR count). The topological polar surface area (TPSA) is 40.6 Å². The molecule has 0 bridgehead atoms. The maximum Gasteiger partial charge on any atom is 0.228 e. The molecule has 1 aliphatic carbocycles. The zero-order valence-electron chi connectivity index (χ0n) is 11.7. The number of hydrogen-bond acceptors (Lipinski definition) is 2. The van der Waals surface area contributed by atoms with E-state index < -0.39 is 0 Å². The molecule has 2 amide bonds. The highest BCUT2D eigenvalue weighted by molar-refractivity contribution is 5.89. The van der Waals surface area contributed by atoms with Gasteiger partial charge in [-0.25, -0.2) is 0 Å². The van der Waals surface area contributed by atoms with Gasteiger partial charge in [-0.05, 0) is 33.1 Å². The fraction of sp³-hybridized carbons (Fsp3) is 0.857. The standard InChI is InChI=1S/C14H24N2O2/c1-4-7-15(12-5-6-12)14(18)11-8-13(17)16(9-11)10(2)3/h10-12H,4-9H2,1-3H3/t11-/m1/s1. The number of carbonyl (C=O) groups excluding carboxylic acids is 2. The van der Waals surface area contributed by atoms with Crippen LogP contribution in [-0.4, -0.2) is 46.8 Å². The fourth-order valence-corrected chi connectivity index (χ4v) is 2.73. The molecule has 2 aliphatic rings. The van der Waals surface area contributed by atoms with E-state index in [0.717, 1.165) is 25.8 Å². The number of carbonyl (C=O) groups is 2. The van der Waals surface area contributed by atoms with Gasteiger partial charge in [0.25, 0.3) is 0 Å². The second-order valence-electron chi connectivity index (χ2n) is 5.80. The minimum atomic E-state index is -0.105. The lowest BCUT2D eigenvalue weighted by Crippen LogP contribution is -2.40. The Balaban J connectivity index is 1.98. The third kappa shape index (κ3) is 2.68. The lowest BCUT2D eigenvalue weighted by Gasteiger charge is -2.26. The molecule has 1 aliphatic heterocycles. The van der Waals surface area contributed by atoms with Crippen LogP contribution in [0.1, 0.15) is 46.5 Å². The van der Waals surface area contributed by atoms with Crippen LogP contribution < -0.4 is 0 Å². The molecule has 1 atom stereocenters. The molecule has 0 aromatic carbocycles. The minimum Gasteiger partial charge on any atom is -0.339 e. The molecule has 1 saturated heterocycles. The molecule has 102 valence electrons. The number of likely N-dealkylation sites (tertiary alicyclic amines) is 1. The van der Waals surface area contributed by atoms with Gasteiger partial charge < -0.3 is 9.80 Å². The van der Waals surface area contributed by atoms with Gasteiger partial charge in [0, 0.05) is 31.6 Å². The Kier molecular flexibility index (Phi) is 3.93. The van der Waals surface area contributed by atoms with Crippen molar-refractivity contribution in [3.8, 4) is 0 Å². The minimum absolute atomic E-state index is 0.105. The van der Waals surface area contributed by atoms with E-state index in [2.05, 4.69) is 6.92 Å². The maximum absolute atomic E-state index is 12.5. The van der Waals surface area contributed by atoms with Crippen LogP contribution in [0.2, 0.25) is 0 Å². The highest BCUT2D eigenvalue weighted by Crippen LogP contribution is 2.30. The highest BCUT2D eigenvalue weighted by atomic mass is 16.2. The molecule has 0 aromatic heterocycles. The molecule has 0 spiro atoms. The normalized spacial score (nSPS) is 23.9. The van der Waals surface area contributed by atoms with Gasteiger partial charge in [-0.2, -0.15) is 0 Å². The first-order valence-electron chi connectivity index (χ1n) is 7.14. The molecule has 2 fully saturated rings. The largest absolute Gasteiger partial charge is 0.339 e. The third-order valence-electron chi connectivity index (χ3n) is 3.87. The summed E-state index contributed by atoms with van der Waals surface area (Å²) < 4.78 is 0. The van der Waals surface area contributed by atoms with Gasteiger partial charge in [-0.3, -0.25) is 9.59 Å². The molecular formula is C14H24N2O2. The molecule has 1 heterocycles. The van der Waals surface area contributed by atoms with Gasteiger partial charge in [-0.1, -0.05) is 6.92 Å². The SMILES string of the molecule is CCCN(C(=O)[C@@H]1CC(=O)N(C(C)C)C1)C1CC1. The number of amides is 2. The predicted molar refractivity (Wildman–Crippen MR) is 70.0 cm³/mol. The quantitative estimate of drug-likeness (QED) is 0.746. The average molecular weight is 252 g/mol. The van der Waals surface area contributed by atoms with Crippen LogP contribution in [0, 0.1) is 5.92 Å². The van der Waals surface area contributed by atoms with E-state index in [1.807, 2.05) is 23.6 Å². The molecule has 4 nitrogen and oxygen atoms in total. The van der Waals surface area contributed by atoms with E-state index in [0.29, 0.717) is 19.0 Å². The Hall–Kier alpha value is -1.06. The van der Waals surface area contributed by atoms with E-state index in [9.17, 15) is 9.59 Å². The molecule has 4 heteroatoms. The van der Waals surface area contributed by atoms with Crippen molar-refractivity contribution in [2.75, 3.05) is 13.1 Å². The summed E-state index contributed by atoms with van der Waals surface area (Å²) in [6.07, 6.45) is 3.68. The number of nitrogens with zero attached hydrogens (tertiary/aromatic N) is 2. The van der Waals surface area contributed by atoms with Crippen molar-refractivity contribution in [3.63, 3.8) is 0 Å². The van der Waals surface area contributed by atoms with Crippen LogP contribution in [0.15, 0.2) is 0 Å². The molecule has 0 unspecified atom stereocenters. The zero-order chi connectivity index (χ0) is 13.3. The van der Waals surface area contributed by atoms with Crippen LogP contribution in [-0.2, 0) is 9.59 Å². The summed E-state index contributed by atoms with van der Waals surface area (Å²) in [5.74, 6) is 0.235. The molecule has 0 N–H and O–H groups in total. The lowest BCUT2D eigenvalue weighted by atomic mass is 10.1. The van der Waals surface area contributed by atoms with Crippen LogP contribution in [0.4, 0.5) is 0 Å². The van der Waals surface area contributed by atoms with E-state index in [4.69, 9.17) is 0 Å². The van der Waals surface area contributed by atoms with E-state index in [1.54, 1.807) is 0 Å². The van der Waals surface area contributed by atoms with Gasteiger partial charge in [0.05, 0.1) is 5.92 Å². The third-order valence-corrected chi connectivity index (χ3v) is 3.87. The summed E-state index contributed by atoms with van der Waals surface area (Å²) in [5, 5.41) is 0. The first-order chi connectivity index (χ1) is 8.54. The molecule has 18 heavy (non-hydrogen) atoms. The first-order valence-corrected chi connectivity index (χ1v) is 7.14. The fourth-order valence-electron chi connectivity index (χ4n) is 2.73. The summed E-state index contributed by atoms with van der Waals surface area (Å²) in [6.45, 7) is 7.58. The first kappa shape index (κ1) is 13.4. The Morgan fingerprint density at radius 3 is 2.56 bits per heavy atom. The zero-order valence-corrected chi connectivity index (χ0v) is 11.7. The Morgan fingerprint density at radius 1 is 1.44 bits per heavy atom. The summed E-state index contributed by atoms with van der Waals surface area (Å²) in [7, 11) is 0. The van der Waals surface area contributed by atoms with Crippen LogP contribution in [0.5, 0.6) is 0 Å². The van der Waals surface area contributed by atoms with Crippen molar-refractivity contribution in [2.45, 2.75) is 58.5 Å². The van der Waals surface area contributed by atoms with Crippen LogP contribution >= 0.6 is 0 Å². The predicted octanol–water partition coefficient (Wildman–Crippen LogP) is 1.64. The van der Waals surface area contributed by atoms with Gasteiger partial charge in [-0.15, -0.1) is 0 Å². The lowest BCUT2D eigenvalue weighted by molar-refractivity contribution is -0.136. The van der Waals surface area contributed by atoms with Gasteiger partial charge >= 0.3 is 0 Å². The van der Waals surface area contributed by atoms with Crippen molar-refractivity contribution in [3.05, 3.63) is 0 Å². The molecule has 0 aromatic rings. The van der Waals surface area contributed by atoms with Gasteiger partial charge in [0.1, 0.15) is 0 Å². The van der Waals surface area contributed by atoms with E-state index >= 15 is 0 Å². The van der Waals surface area contributed by atoms with Crippen molar-refractivity contribution < 1.29 is 9.59 Å². The van der Waals surface area contributed by atoms with Crippen LogP contribution in [0.3, 0.4) is 0 Å². The van der Waals surface area contributed by atoms with Gasteiger partial charge in [0.2, 0.25) is 11.8 Å². The van der Waals surface area contributed by atoms with Gasteiger partial charge in [0.15, 0.2) is 0 Å². The van der Waals surface area contributed by atoms with Crippen molar-refractivity contribution >= 4 is 11.8 Å². The Bertz CT molecular complexity index is 337. The summed E-state index contributed by atoms with van der Waals surface area (Å²) in [5.41, 5.74) is 0. The van der Waals surface area contributed by atoms with Crippen molar-refractivity contribution in [2.24, 2.45) is 5.92 Å². The Morgan fingerprint density at radius 2 is 2.11 bits per heavy atom. The molecule has 0 radical (unpaired) electrons. The number of hydrogen-bond donors (Lipinski definition) is 0. The van der Waals surface area contributed by atoms with Crippen LogP contribution in [0.25, 0.3) is 0 Å². The summed E-state index contributed by atoms with van der Waals surface area (Å²) >= 11 is 0. The second-order valence-corrected chi connectivity index (χ2v) is 5.80. The smallest absolute Gasteiger partial charge is 0.228 e. The highest BCUT2D eigenvalue weighted by Gasteiger charge is 2.41. The summed E-state index contributed by atoms with van der Waals surface area (Å²) in [4.78, 5) is 28.2. The molecular weight excluding hydrogens is 228 g/mol. The maximum atomic E-state index is 12.5. The second kappa shape index (κ2) is 5.29. The van der Waals surface area contributed by atoms with E-state index in [1.165, 1.54) is 0 Å². The van der Waals surface area contributed by atoms with E-state index in [-0.39, 0.29) is 23.8 Å². The van der Waals surface area contributed by atoms with Crippen molar-refractivity contribution in [1.82, 2.24) is 9.80 Å². The van der Waals surface area contributed by atoms with Crippen molar-refractivity contribution in [1.29, 1.82) is 0 Å². The summed E-state index contributed by atoms with van der Waals surface area (Å²) in [6, 6.07) is 0.663. The monoisotopic (exact) mass is 252 g/mol. The number of rotatable bonds is 5. The Labute approximate surface area is 109 Å². The molecule has 1 saturated carbocycles. The average Bonchev–Trinajstić information content (AvgIpc) is 3.07.